The van der Waals surface area contributed by atoms with Crippen LogP contribution in [-0.2, 0) is 11.3 Å². The van der Waals surface area contributed by atoms with E-state index in [2.05, 4.69) is 41.2 Å². The van der Waals surface area contributed by atoms with Crippen LogP contribution in [0.25, 0.3) is 0 Å². The van der Waals surface area contributed by atoms with E-state index < -0.39 is 0 Å². The summed E-state index contributed by atoms with van der Waals surface area (Å²) in [6.45, 7) is 1.36. The summed E-state index contributed by atoms with van der Waals surface area (Å²) in [5, 5.41) is 0. The van der Waals surface area contributed by atoms with Gasteiger partial charge in [-0.05, 0) is 24.5 Å². The van der Waals surface area contributed by atoms with E-state index in [1.165, 1.54) is 11.3 Å². The molecular formula is C17H22N4O. The van der Waals surface area contributed by atoms with Crippen molar-refractivity contribution >= 4 is 11.6 Å². The Morgan fingerprint density at radius 2 is 2.23 bits per heavy atom. The molecule has 0 N–H and O–H groups in total. The molecule has 22 heavy (non-hydrogen) atoms. The smallest absolute Gasteiger partial charge is 0.242 e. The molecule has 116 valence electrons. The number of carbonyl (C=O) groups is 1. The number of imidazole rings is 1. The van der Waals surface area contributed by atoms with Gasteiger partial charge in [0.2, 0.25) is 5.91 Å². The molecule has 1 unspecified atom stereocenters. The Morgan fingerprint density at radius 3 is 3.00 bits per heavy atom. The van der Waals surface area contributed by atoms with Gasteiger partial charge in [0.1, 0.15) is 6.54 Å². The number of amides is 1. The topological polar surface area (TPSA) is 41.4 Å². The monoisotopic (exact) mass is 298 g/mol. The van der Waals surface area contributed by atoms with E-state index in [-0.39, 0.29) is 11.9 Å². The first kappa shape index (κ1) is 14.6. The van der Waals surface area contributed by atoms with Gasteiger partial charge in [0.15, 0.2) is 0 Å². The van der Waals surface area contributed by atoms with Crippen molar-refractivity contribution < 1.29 is 4.79 Å². The second-order valence-electron chi connectivity index (χ2n) is 5.88. The molecular weight excluding hydrogens is 276 g/mol. The third kappa shape index (κ3) is 2.84. The van der Waals surface area contributed by atoms with Crippen LogP contribution in [-0.4, -0.2) is 41.0 Å². The van der Waals surface area contributed by atoms with Crippen LogP contribution >= 0.6 is 0 Å². The third-order valence-electron chi connectivity index (χ3n) is 4.42. The fraction of sp³-hybridized carbons (Fsp3) is 0.412. The van der Waals surface area contributed by atoms with E-state index >= 15 is 0 Å². The molecule has 5 heteroatoms. The molecule has 5 nitrogen and oxygen atoms in total. The van der Waals surface area contributed by atoms with Crippen molar-refractivity contribution in [3.05, 3.63) is 48.5 Å². The molecule has 1 aliphatic heterocycles. The minimum atomic E-state index is 0.113. The summed E-state index contributed by atoms with van der Waals surface area (Å²) in [6, 6.07) is 8.53. The van der Waals surface area contributed by atoms with Crippen molar-refractivity contribution in [2.45, 2.75) is 25.4 Å². The zero-order chi connectivity index (χ0) is 15.5. The highest BCUT2D eigenvalue weighted by molar-refractivity contribution is 5.76. The molecule has 1 aromatic carbocycles. The van der Waals surface area contributed by atoms with E-state index in [1.54, 1.807) is 12.5 Å². The van der Waals surface area contributed by atoms with Crippen LogP contribution in [0.4, 0.5) is 5.69 Å². The maximum Gasteiger partial charge on any atom is 0.242 e. The van der Waals surface area contributed by atoms with Crippen LogP contribution in [0.3, 0.4) is 0 Å². The maximum absolute atomic E-state index is 12.6. The van der Waals surface area contributed by atoms with Crippen LogP contribution < -0.4 is 4.90 Å². The van der Waals surface area contributed by atoms with Crippen molar-refractivity contribution in [1.82, 2.24) is 14.5 Å². The highest BCUT2D eigenvalue weighted by Crippen LogP contribution is 2.35. The van der Waals surface area contributed by atoms with Gasteiger partial charge in [-0.1, -0.05) is 18.2 Å². The van der Waals surface area contributed by atoms with Gasteiger partial charge in [-0.2, -0.15) is 0 Å². The van der Waals surface area contributed by atoms with E-state index in [9.17, 15) is 4.79 Å². The van der Waals surface area contributed by atoms with Gasteiger partial charge in [-0.3, -0.25) is 4.79 Å². The van der Waals surface area contributed by atoms with Crippen LogP contribution in [0, 0.1) is 0 Å². The molecule has 0 saturated heterocycles. The summed E-state index contributed by atoms with van der Waals surface area (Å²) < 4.78 is 1.81. The van der Waals surface area contributed by atoms with Gasteiger partial charge in [-0.25, -0.2) is 4.98 Å². The molecule has 1 aromatic heterocycles. The third-order valence-corrected chi connectivity index (χ3v) is 4.42. The summed E-state index contributed by atoms with van der Waals surface area (Å²) in [5.74, 6) is 0.113. The lowest BCUT2D eigenvalue weighted by atomic mass is 10.0. The average molecular weight is 298 g/mol. The first-order chi connectivity index (χ1) is 10.7. The van der Waals surface area contributed by atoms with Crippen LogP contribution in [0.15, 0.2) is 43.0 Å². The van der Waals surface area contributed by atoms with Crippen molar-refractivity contribution in [1.29, 1.82) is 0 Å². The average Bonchev–Trinajstić information content (AvgIpc) is 2.97. The Hall–Kier alpha value is -2.30. The Bertz CT molecular complexity index is 638. The summed E-state index contributed by atoms with van der Waals surface area (Å²) in [6.07, 6.45) is 7.27. The minimum absolute atomic E-state index is 0.113. The number of aromatic nitrogens is 2. The number of carbonyl (C=O) groups excluding carboxylic acids is 1. The number of para-hydroxylation sites is 1. The summed E-state index contributed by atoms with van der Waals surface area (Å²) in [4.78, 5) is 20.7. The van der Waals surface area contributed by atoms with Crippen LogP contribution in [0.1, 0.15) is 24.4 Å². The molecule has 1 amide bonds. The van der Waals surface area contributed by atoms with Crippen molar-refractivity contribution in [3.63, 3.8) is 0 Å². The van der Waals surface area contributed by atoms with E-state index in [0.717, 1.165) is 19.4 Å². The number of anilines is 1. The Morgan fingerprint density at radius 1 is 1.41 bits per heavy atom. The zero-order valence-corrected chi connectivity index (χ0v) is 13.1. The molecule has 1 aliphatic rings. The van der Waals surface area contributed by atoms with Gasteiger partial charge in [-0.15, -0.1) is 0 Å². The largest absolute Gasteiger partial charge is 0.374 e. The number of likely N-dealkylation sites (N-methyl/N-ethyl adjacent to an activating group) is 1. The predicted octanol–water partition coefficient (Wildman–Crippen LogP) is 2.31. The molecule has 2 aromatic rings. The SMILES string of the molecule is CN1CCCC(N(C)C(=O)Cn2ccnc2)c2ccccc21. The quantitative estimate of drug-likeness (QED) is 0.873. The van der Waals surface area contributed by atoms with Gasteiger partial charge >= 0.3 is 0 Å². The van der Waals surface area contributed by atoms with E-state index in [4.69, 9.17) is 0 Å². The molecule has 1 atom stereocenters. The number of rotatable bonds is 3. The summed E-state index contributed by atoms with van der Waals surface area (Å²) in [5.41, 5.74) is 2.47. The maximum atomic E-state index is 12.6. The second-order valence-corrected chi connectivity index (χ2v) is 5.88. The van der Waals surface area contributed by atoms with Crippen molar-refractivity contribution in [2.75, 3.05) is 25.5 Å². The lowest BCUT2D eigenvalue weighted by molar-refractivity contribution is -0.132. The fourth-order valence-corrected chi connectivity index (χ4v) is 3.14. The highest BCUT2D eigenvalue weighted by Gasteiger charge is 2.26. The molecule has 0 radical (unpaired) electrons. The van der Waals surface area contributed by atoms with Gasteiger partial charge in [0.25, 0.3) is 0 Å². The molecule has 0 fully saturated rings. The predicted molar refractivity (Wildman–Crippen MR) is 86.7 cm³/mol. The highest BCUT2D eigenvalue weighted by atomic mass is 16.2. The number of fused-ring (bicyclic) bond motifs is 1. The first-order valence-electron chi connectivity index (χ1n) is 7.68. The lowest BCUT2D eigenvalue weighted by Crippen LogP contribution is -2.33. The van der Waals surface area contributed by atoms with Gasteiger partial charge < -0.3 is 14.4 Å². The zero-order valence-electron chi connectivity index (χ0n) is 13.1. The Balaban J connectivity index is 1.83. The summed E-state index contributed by atoms with van der Waals surface area (Å²) in [7, 11) is 4.03. The number of benzene rings is 1. The standard InChI is InChI=1S/C17H22N4O/c1-19-10-5-8-16(14-6-3-4-7-15(14)19)20(2)17(22)12-21-11-9-18-13-21/h3-4,6-7,9,11,13,16H,5,8,10,12H2,1-2H3. The Labute approximate surface area is 131 Å². The Kier molecular flexibility index (Phi) is 4.13. The van der Waals surface area contributed by atoms with E-state index in [0.29, 0.717) is 6.54 Å². The van der Waals surface area contributed by atoms with Crippen LogP contribution in [0.5, 0.6) is 0 Å². The molecule has 3 rings (SSSR count). The second kappa shape index (κ2) is 6.22. The van der Waals surface area contributed by atoms with E-state index in [1.807, 2.05) is 22.7 Å². The molecule has 2 heterocycles. The first-order valence-corrected chi connectivity index (χ1v) is 7.68. The minimum Gasteiger partial charge on any atom is -0.374 e. The molecule has 0 saturated carbocycles. The van der Waals surface area contributed by atoms with Gasteiger partial charge in [0, 0.05) is 38.7 Å². The number of nitrogens with zero attached hydrogens (tertiary/aromatic N) is 4. The summed E-state index contributed by atoms with van der Waals surface area (Å²) >= 11 is 0. The van der Waals surface area contributed by atoms with Crippen molar-refractivity contribution in [2.24, 2.45) is 0 Å². The molecule has 0 spiro atoms. The normalized spacial score (nSPS) is 17.7. The lowest BCUT2D eigenvalue weighted by Gasteiger charge is -2.29. The molecule has 0 aliphatic carbocycles. The fourth-order valence-electron chi connectivity index (χ4n) is 3.14. The van der Waals surface area contributed by atoms with Crippen LogP contribution in [0.2, 0.25) is 0 Å². The molecule has 0 bridgehead atoms. The number of hydrogen-bond acceptors (Lipinski definition) is 3. The van der Waals surface area contributed by atoms with Crippen molar-refractivity contribution in [3.8, 4) is 0 Å². The number of hydrogen-bond donors (Lipinski definition) is 0. The van der Waals surface area contributed by atoms with Gasteiger partial charge in [0.05, 0.1) is 12.4 Å².